The summed E-state index contributed by atoms with van der Waals surface area (Å²) in [5.74, 6) is 0. The van der Waals surface area contributed by atoms with E-state index < -0.39 is 8.07 Å². The van der Waals surface area contributed by atoms with Gasteiger partial charge in [0.1, 0.15) is 0 Å². The highest BCUT2D eigenvalue weighted by Crippen LogP contribution is 2.06. The van der Waals surface area contributed by atoms with Crippen molar-refractivity contribution in [3.8, 4) is 0 Å². The number of rotatable bonds is 2. The van der Waals surface area contributed by atoms with Crippen molar-refractivity contribution in [3.63, 3.8) is 0 Å². The van der Waals surface area contributed by atoms with Crippen molar-refractivity contribution in [2.45, 2.75) is 33.0 Å². The monoisotopic (exact) mass is 177 g/mol. The Morgan fingerprint density at radius 2 is 2.00 bits per heavy atom. The summed E-state index contributed by atoms with van der Waals surface area (Å²) < 4.78 is 0. The van der Waals surface area contributed by atoms with Crippen molar-refractivity contribution < 1.29 is 0 Å². The molecule has 1 radical (unpaired) electrons. The molecule has 0 heterocycles. The lowest BCUT2D eigenvalue weighted by molar-refractivity contribution is 1.15. The predicted molar refractivity (Wildman–Crippen MR) is 57.6 cm³/mol. The summed E-state index contributed by atoms with van der Waals surface area (Å²) >= 11 is 0. The van der Waals surface area contributed by atoms with Crippen molar-refractivity contribution in [2.75, 3.05) is 0 Å². The maximum Gasteiger partial charge on any atom is 0.0779 e. The van der Waals surface area contributed by atoms with Crippen LogP contribution in [0.3, 0.4) is 0 Å². The molecular formula is C11H17Si. The van der Waals surface area contributed by atoms with E-state index in [2.05, 4.69) is 44.8 Å². The van der Waals surface area contributed by atoms with E-state index in [1.165, 1.54) is 5.56 Å². The van der Waals surface area contributed by atoms with Gasteiger partial charge in [-0.25, -0.2) is 0 Å². The van der Waals surface area contributed by atoms with Crippen molar-refractivity contribution in [3.05, 3.63) is 29.8 Å². The van der Waals surface area contributed by atoms with Crippen molar-refractivity contribution >= 4 is 13.3 Å². The maximum atomic E-state index is 3.33. The van der Waals surface area contributed by atoms with E-state index in [9.17, 15) is 0 Å². The highest BCUT2D eigenvalue weighted by molar-refractivity contribution is 6.89. The van der Waals surface area contributed by atoms with Crippen molar-refractivity contribution in [1.82, 2.24) is 0 Å². The van der Waals surface area contributed by atoms with Gasteiger partial charge in [0.05, 0.1) is 8.07 Å². The standard InChI is InChI=1S/C11H17Si/c1-5-10-8-6-7-9-11(10)12(2,3)4/h6-7,9H,5H2,1-4H3. The van der Waals surface area contributed by atoms with Crippen LogP contribution in [0.1, 0.15) is 12.5 Å². The van der Waals surface area contributed by atoms with Crippen molar-refractivity contribution in [2.24, 2.45) is 0 Å². The Morgan fingerprint density at radius 1 is 1.33 bits per heavy atom. The zero-order chi connectivity index (χ0) is 9.19. The Balaban J connectivity index is 3.14. The molecule has 0 unspecified atom stereocenters. The van der Waals surface area contributed by atoms with Gasteiger partial charge in [0.25, 0.3) is 0 Å². The second-order valence-electron chi connectivity index (χ2n) is 4.17. The highest BCUT2D eigenvalue weighted by Gasteiger charge is 2.18. The minimum atomic E-state index is -1.13. The van der Waals surface area contributed by atoms with Crippen LogP contribution < -0.4 is 5.19 Å². The van der Waals surface area contributed by atoms with E-state index in [0.29, 0.717) is 0 Å². The van der Waals surface area contributed by atoms with Gasteiger partial charge in [-0.3, -0.25) is 0 Å². The zero-order valence-electron chi connectivity index (χ0n) is 8.44. The quantitative estimate of drug-likeness (QED) is 0.609. The summed E-state index contributed by atoms with van der Waals surface area (Å²) in [5.41, 5.74) is 1.41. The molecule has 1 rings (SSSR count). The number of hydrogen-bond donors (Lipinski definition) is 0. The molecular weight excluding hydrogens is 160 g/mol. The van der Waals surface area contributed by atoms with Crippen LogP contribution in [0.4, 0.5) is 0 Å². The molecule has 0 spiro atoms. The van der Waals surface area contributed by atoms with Gasteiger partial charge in [-0.1, -0.05) is 50.0 Å². The average Bonchev–Trinajstić information content (AvgIpc) is 2.03. The molecule has 0 aromatic heterocycles. The van der Waals surface area contributed by atoms with Crippen LogP contribution in [-0.4, -0.2) is 8.07 Å². The summed E-state index contributed by atoms with van der Waals surface area (Å²) in [6.45, 7) is 9.36. The predicted octanol–water partition coefficient (Wildman–Crippen LogP) is 2.59. The Kier molecular flexibility index (Phi) is 2.73. The van der Waals surface area contributed by atoms with Gasteiger partial charge in [-0.05, 0) is 18.1 Å². The smallest absolute Gasteiger partial charge is 0.0656 e. The Bertz CT molecular complexity index is 258. The fourth-order valence-corrected chi connectivity index (χ4v) is 3.22. The van der Waals surface area contributed by atoms with Gasteiger partial charge in [0, 0.05) is 0 Å². The third-order valence-corrected chi connectivity index (χ3v) is 4.19. The maximum absolute atomic E-state index is 3.33. The molecule has 65 valence electrons. The Labute approximate surface area is 76.6 Å². The average molecular weight is 177 g/mol. The summed E-state index contributed by atoms with van der Waals surface area (Å²) in [7, 11) is -1.13. The summed E-state index contributed by atoms with van der Waals surface area (Å²) in [6.07, 6.45) is 1.11. The van der Waals surface area contributed by atoms with Crippen LogP contribution >= 0.6 is 0 Å². The minimum absolute atomic E-state index is 1.11. The number of aryl methyl sites for hydroxylation is 1. The fourth-order valence-electron chi connectivity index (χ4n) is 1.47. The molecule has 0 bridgehead atoms. The van der Waals surface area contributed by atoms with Crippen LogP contribution in [0.25, 0.3) is 0 Å². The molecule has 12 heavy (non-hydrogen) atoms. The van der Waals surface area contributed by atoms with Gasteiger partial charge in [0.2, 0.25) is 0 Å². The van der Waals surface area contributed by atoms with Gasteiger partial charge < -0.3 is 0 Å². The van der Waals surface area contributed by atoms with E-state index in [1.807, 2.05) is 6.07 Å². The van der Waals surface area contributed by atoms with Crippen LogP contribution in [0.2, 0.25) is 19.6 Å². The second kappa shape index (κ2) is 3.44. The summed E-state index contributed by atoms with van der Waals surface area (Å²) in [5, 5.41) is 1.56. The number of hydrogen-bond acceptors (Lipinski definition) is 0. The fraction of sp³-hybridized carbons (Fsp3) is 0.455. The first-order valence-corrected chi connectivity index (χ1v) is 8.05. The number of benzene rings is 1. The van der Waals surface area contributed by atoms with Gasteiger partial charge in [-0.15, -0.1) is 0 Å². The lowest BCUT2D eigenvalue weighted by atomic mass is 10.2. The molecule has 0 atom stereocenters. The zero-order valence-corrected chi connectivity index (χ0v) is 9.44. The van der Waals surface area contributed by atoms with Gasteiger partial charge >= 0.3 is 0 Å². The molecule has 1 aromatic carbocycles. The molecule has 0 fully saturated rings. The first-order valence-electron chi connectivity index (χ1n) is 4.55. The van der Waals surface area contributed by atoms with E-state index >= 15 is 0 Å². The molecule has 1 heteroatoms. The lowest BCUT2D eigenvalue weighted by Gasteiger charge is -2.19. The van der Waals surface area contributed by atoms with E-state index in [4.69, 9.17) is 0 Å². The van der Waals surface area contributed by atoms with Crippen LogP contribution in [0, 0.1) is 6.07 Å². The third kappa shape index (κ3) is 1.98. The normalized spacial score (nSPS) is 11.7. The molecule has 0 aliphatic carbocycles. The molecule has 0 nitrogen and oxygen atoms in total. The minimum Gasteiger partial charge on any atom is -0.0656 e. The molecule has 0 saturated carbocycles. The lowest BCUT2D eigenvalue weighted by Crippen LogP contribution is -2.39. The first kappa shape index (κ1) is 9.52. The van der Waals surface area contributed by atoms with Gasteiger partial charge in [0.15, 0.2) is 0 Å². The highest BCUT2D eigenvalue weighted by atomic mass is 28.3. The Morgan fingerprint density at radius 3 is 2.42 bits per heavy atom. The second-order valence-corrected chi connectivity index (χ2v) is 9.20. The molecule has 0 amide bonds. The van der Waals surface area contributed by atoms with Crippen LogP contribution in [0.15, 0.2) is 18.2 Å². The molecule has 0 aliphatic rings. The molecule has 0 aliphatic heterocycles. The van der Waals surface area contributed by atoms with Crippen LogP contribution in [0.5, 0.6) is 0 Å². The van der Waals surface area contributed by atoms with E-state index in [-0.39, 0.29) is 0 Å². The largest absolute Gasteiger partial charge is 0.0779 e. The van der Waals surface area contributed by atoms with E-state index in [0.717, 1.165) is 6.42 Å². The Hall–Kier alpha value is -0.563. The SMILES string of the molecule is CCc1[c]cccc1[Si](C)(C)C. The third-order valence-electron chi connectivity index (χ3n) is 2.10. The first-order chi connectivity index (χ1) is 5.55. The molecule has 0 N–H and O–H groups in total. The van der Waals surface area contributed by atoms with Crippen molar-refractivity contribution in [1.29, 1.82) is 0 Å². The summed E-state index contributed by atoms with van der Waals surface area (Å²) in [4.78, 5) is 0. The topological polar surface area (TPSA) is 0 Å². The van der Waals surface area contributed by atoms with Crippen LogP contribution in [-0.2, 0) is 6.42 Å². The van der Waals surface area contributed by atoms with Gasteiger partial charge in [-0.2, -0.15) is 0 Å². The molecule has 1 aromatic rings. The molecule has 0 saturated heterocycles. The summed E-state index contributed by atoms with van der Waals surface area (Å²) in [6, 6.07) is 9.71. The van der Waals surface area contributed by atoms with E-state index in [1.54, 1.807) is 5.19 Å².